The molecular weight excluding hydrogens is 168 g/mol. The maximum atomic E-state index is 2.45. The van der Waals surface area contributed by atoms with Crippen molar-refractivity contribution in [3.05, 3.63) is 11.6 Å². The number of allylic oxidation sites excluding steroid dienone is 2. The summed E-state index contributed by atoms with van der Waals surface area (Å²) in [4.78, 5) is 0. The Kier molecular flexibility index (Phi) is 3.80. The summed E-state index contributed by atoms with van der Waals surface area (Å²) in [6, 6.07) is 0. The van der Waals surface area contributed by atoms with Crippen LogP contribution in [-0.2, 0) is 0 Å². The highest BCUT2D eigenvalue weighted by atomic mass is 14.4. The molecule has 1 rings (SSSR count). The van der Waals surface area contributed by atoms with Gasteiger partial charge in [-0.15, -0.1) is 0 Å². The molecule has 0 bridgehead atoms. The summed E-state index contributed by atoms with van der Waals surface area (Å²) < 4.78 is 0. The molecule has 0 heterocycles. The second kappa shape index (κ2) is 4.51. The van der Waals surface area contributed by atoms with Gasteiger partial charge in [-0.05, 0) is 43.4 Å². The molecule has 0 aliphatic heterocycles. The lowest BCUT2D eigenvalue weighted by Gasteiger charge is -2.41. The molecule has 0 aromatic carbocycles. The molecule has 0 nitrogen and oxygen atoms in total. The highest BCUT2D eigenvalue weighted by Gasteiger charge is 2.34. The first kappa shape index (κ1) is 11.8. The highest BCUT2D eigenvalue weighted by molar-refractivity contribution is 5.07. The van der Waals surface area contributed by atoms with Gasteiger partial charge in [0.05, 0.1) is 0 Å². The van der Waals surface area contributed by atoms with Crippen LogP contribution in [0.4, 0.5) is 0 Å². The normalized spacial score (nSPS) is 20.0. The Morgan fingerprint density at radius 1 is 1.36 bits per heavy atom. The van der Waals surface area contributed by atoms with Crippen LogP contribution in [0, 0.1) is 17.3 Å². The molecule has 0 spiro atoms. The third kappa shape index (κ3) is 2.62. The number of hydrogen-bond acceptors (Lipinski definition) is 0. The van der Waals surface area contributed by atoms with E-state index < -0.39 is 0 Å². The summed E-state index contributed by atoms with van der Waals surface area (Å²) in [5.74, 6) is 1.70. The molecule has 1 fully saturated rings. The zero-order chi connectivity index (χ0) is 10.8. The van der Waals surface area contributed by atoms with Crippen molar-refractivity contribution in [2.24, 2.45) is 17.3 Å². The van der Waals surface area contributed by atoms with Crippen LogP contribution in [0.15, 0.2) is 11.6 Å². The first-order chi connectivity index (χ1) is 6.47. The van der Waals surface area contributed by atoms with E-state index in [1.165, 1.54) is 25.7 Å². The molecule has 0 aromatic heterocycles. The lowest BCUT2D eigenvalue weighted by Crippen LogP contribution is -2.30. The van der Waals surface area contributed by atoms with Crippen molar-refractivity contribution in [1.82, 2.24) is 0 Å². The van der Waals surface area contributed by atoms with Gasteiger partial charge < -0.3 is 0 Å². The molecule has 0 aromatic rings. The van der Waals surface area contributed by atoms with E-state index in [4.69, 9.17) is 0 Å². The fraction of sp³-hybridized carbons (Fsp3) is 0.857. The molecule has 0 N–H and O–H groups in total. The standard InChI is InChI=1S/C14H26/c1-6-12(11(2)3)10-14(4,5)13-8-7-9-13/h6,11,13H,7-10H2,1-5H3. The summed E-state index contributed by atoms with van der Waals surface area (Å²) in [5, 5.41) is 0. The van der Waals surface area contributed by atoms with Gasteiger partial charge in [-0.1, -0.05) is 45.8 Å². The summed E-state index contributed by atoms with van der Waals surface area (Å²) in [6.07, 6.45) is 8.00. The summed E-state index contributed by atoms with van der Waals surface area (Å²) in [5.41, 5.74) is 2.17. The minimum absolute atomic E-state index is 0.532. The van der Waals surface area contributed by atoms with Crippen molar-refractivity contribution in [3.8, 4) is 0 Å². The fourth-order valence-corrected chi connectivity index (χ4v) is 2.50. The number of rotatable bonds is 4. The first-order valence-electron chi connectivity index (χ1n) is 6.12. The average molecular weight is 194 g/mol. The Balaban J connectivity index is 2.56. The average Bonchev–Trinajstić information content (AvgIpc) is 1.95. The van der Waals surface area contributed by atoms with Crippen LogP contribution in [-0.4, -0.2) is 0 Å². The van der Waals surface area contributed by atoms with Crippen LogP contribution < -0.4 is 0 Å². The van der Waals surface area contributed by atoms with Gasteiger partial charge in [0.2, 0.25) is 0 Å². The van der Waals surface area contributed by atoms with Gasteiger partial charge in [0.25, 0.3) is 0 Å². The third-order valence-corrected chi connectivity index (χ3v) is 3.98. The lowest BCUT2D eigenvalue weighted by atomic mass is 9.64. The Morgan fingerprint density at radius 2 is 1.93 bits per heavy atom. The van der Waals surface area contributed by atoms with Crippen LogP contribution in [0.25, 0.3) is 0 Å². The smallest absolute Gasteiger partial charge is 0.0260 e. The van der Waals surface area contributed by atoms with Gasteiger partial charge in [0, 0.05) is 0 Å². The Bertz CT molecular complexity index is 204. The van der Waals surface area contributed by atoms with Gasteiger partial charge in [-0.3, -0.25) is 0 Å². The quantitative estimate of drug-likeness (QED) is 0.564. The largest absolute Gasteiger partial charge is 0.0882 e. The zero-order valence-corrected chi connectivity index (χ0v) is 10.6. The van der Waals surface area contributed by atoms with Crippen molar-refractivity contribution >= 4 is 0 Å². The van der Waals surface area contributed by atoms with Gasteiger partial charge in [0.1, 0.15) is 0 Å². The maximum absolute atomic E-state index is 2.45. The van der Waals surface area contributed by atoms with Crippen LogP contribution >= 0.6 is 0 Å². The summed E-state index contributed by atoms with van der Waals surface area (Å²) in [6.45, 7) is 11.7. The van der Waals surface area contributed by atoms with E-state index >= 15 is 0 Å². The van der Waals surface area contributed by atoms with Crippen molar-refractivity contribution in [2.75, 3.05) is 0 Å². The van der Waals surface area contributed by atoms with Gasteiger partial charge in [-0.25, -0.2) is 0 Å². The van der Waals surface area contributed by atoms with Crippen LogP contribution in [0.5, 0.6) is 0 Å². The molecule has 1 aliphatic carbocycles. The van der Waals surface area contributed by atoms with E-state index in [1.54, 1.807) is 5.57 Å². The number of hydrogen-bond donors (Lipinski definition) is 0. The van der Waals surface area contributed by atoms with E-state index in [9.17, 15) is 0 Å². The molecule has 14 heavy (non-hydrogen) atoms. The van der Waals surface area contributed by atoms with Crippen molar-refractivity contribution < 1.29 is 0 Å². The van der Waals surface area contributed by atoms with Crippen molar-refractivity contribution in [3.63, 3.8) is 0 Å². The molecule has 0 heteroatoms. The lowest BCUT2D eigenvalue weighted by molar-refractivity contribution is 0.118. The molecule has 0 atom stereocenters. The van der Waals surface area contributed by atoms with Gasteiger partial charge >= 0.3 is 0 Å². The first-order valence-corrected chi connectivity index (χ1v) is 6.12. The molecular formula is C14H26. The molecule has 1 saturated carbocycles. The monoisotopic (exact) mass is 194 g/mol. The van der Waals surface area contributed by atoms with Gasteiger partial charge in [-0.2, -0.15) is 0 Å². The van der Waals surface area contributed by atoms with Crippen LogP contribution in [0.1, 0.15) is 60.3 Å². The van der Waals surface area contributed by atoms with Crippen molar-refractivity contribution in [2.45, 2.75) is 60.3 Å². The van der Waals surface area contributed by atoms with E-state index in [0.717, 1.165) is 11.8 Å². The highest BCUT2D eigenvalue weighted by Crippen LogP contribution is 2.45. The molecule has 0 radical (unpaired) electrons. The molecule has 0 amide bonds. The minimum atomic E-state index is 0.532. The Labute approximate surface area is 89.8 Å². The van der Waals surface area contributed by atoms with E-state index in [1.807, 2.05) is 0 Å². The second-order valence-corrected chi connectivity index (χ2v) is 5.81. The SMILES string of the molecule is CC=C(CC(C)(C)C1CCC1)C(C)C. The molecule has 0 saturated heterocycles. The Morgan fingerprint density at radius 3 is 2.21 bits per heavy atom. The molecule has 1 aliphatic rings. The molecule has 0 unspecified atom stereocenters. The van der Waals surface area contributed by atoms with Crippen LogP contribution in [0.2, 0.25) is 0 Å². The fourth-order valence-electron chi connectivity index (χ4n) is 2.50. The van der Waals surface area contributed by atoms with Crippen LogP contribution in [0.3, 0.4) is 0 Å². The van der Waals surface area contributed by atoms with Crippen molar-refractivity contribution in [1.29, 1.82) is 0 Å². The molecule has 82 valence electrons. The zero-order valence-electron chi connectivity index (χ0n) is 10.6. The topological polar surface area (TPSA) is 0 Å². The predicted molar refractivity (Wildman–Crippen MR) is 64.3 cm³/mol. The maximum Gasteiger partial charge on any atom is -0.0260 e. The minimum Gasteiger partial charge on any atom is -0.0882 e. The summed E-state index contributed by atoms with van der Waals surface area (Å²) >= 11 is 0. The van der Waals surface area contributed by atoms with E-state index in [0.29, 0.717) is 5.41 Å². The predicted octanol–water partition coefficient (Wildman–Crippen LogP) is 4.81. The van der Waals surface area contributed by atoms with E-state index in [2.05, 4.69) is 40.7 Å². The van der Waals surface area contributed by atoms with E-state index in [-0.39, 0.29) is 0 Å². The Hall–Kier alpha value is -0.260. The third-order valence-electron chi connectivity index (χ3n) is 3.98. The van der Waals surface area contributed by atoms with Gasteiger partial charge in [0.15, 0.2) is 0 Å². The second-order valence-electron chi connectivity index (χ2n) is 5.81. The summed E-state index contributed by atoms with van der Waals surface area (Å²) in [7, 11) is 0.